The first-order valence-corrected chi connectivity index (χ1v) is 23.7. The van der Waals surface area contributed by atoms with Crippen molar-refractivity contribution in [2.75, 3.05) is 4.90 Å². The van der Waals surface area contributed by atoms with Crippen LogP contribution in [-0.4, -0.2) is 22.3 Å². The molecule has 0 saturated carbocycles. The van der Waals surface area contributed by atoms with Crippen LogP contribution in [0.2, 0.25) is 0 Å². The van der Waals surface area contributed by atoms with Gasteiger partial charge in [-0.05, 0) is 63.6 Å². The molecule has 2 aliphatic heterocycles. The third kappa shape index (κ3) is 6.77. The quantitative estimate of drug-likeness (QED) is 0.165. The van der Waals surface area contributed by atoms with E-state index in [0.717, 1.165) is 45.8 Å². The van der Waals surface area contributed by atoms with Crippen molar-refractivity contribution < 1.29 is 0 Å². The van der Waals surface area contributed by atoms with Crippen molar-refractivity contribution in [1.29, 1.82) is 0 Å². The lowest BCUT2D eigenvalue weighted by molar-refractivity contribution is 0.575. The summed E-state index contributed by atoms with van der Waals surface area (Å²) in [6.07, 6.45) is 18.6. The zero-order chi connectivity index (χ0) is 45.0. The number of fused-ring (bicyclic) bond motifs is 7. The Hall–Kier alpha value is -8.54. The summed E-state index contributed by atoms with van der Waals surface area (Å²) in [6.45, 7) is 0. The van der Waals surface area contributed by atoms with Crippen LogP contribution in [0.15, 0.2) is 253 Å². The van der Waals surface area contributed by atoms with Crippen LogP contribution in [0.5, 0.6) is 0 Å². The number of hydrogen-bond donors (Lipinski definition) is 1. The number of benzene rings is 8. The zero-order valence-corrected chi connectivity index (χ0v) is 37.4. The molecule has 13 rings (SSSR count). The summed E-state index contributed by atoms with van der Waals surface area (Å²) >= 11 is 0. The van der Waals surface area contributed by atoms with E-state index in [1.165, 1.54) is 61.1 Å². The third-order valence-electron chi connectivity index (χ3n) is 14.1. The number of anilines is 2. The Morgan fingerprint density at radius 1 is 0.456 bits per heavy atom. The Bertz CT molecular complexity index is 3580. The van der Waals surface area contributed by atoms with Crippen LogP contribution in [0.3, 0.4) is 0 Å². The van der Waals surface area contributed by atoms with E-state index in [1.807, 2.05) is 0 Å². The molecule has 68 heavy (non-hydrogen) atoms. The van der Waals surface area contributed by atoms with Crippen molar-refractivity contribution in [2.24, 2.45) is 9.98 Å². The number of nitrogens with one attached hydrogen (secondary N) is 1. The Kier molecular flexibility index (Phi) is 9.78. The van der Waals surface area contributed by atoms with Crippen molar-refractivity contribution >= 4 is 44.9 Å². The molecule has 5 nitrogen and oxygen atoms in total. The van der Waals surface area contributed by atoms with E-state index in [1.54, 1.807) is 0 Å². The molecule has 0 saturated heterocycles. The summed E-state index contributed by atoms with van der Waals surface area (Å²) in [6, 6.07) is 70.1. The van der Waals surface area contributed by atoms with Crippen molar-refractivity contribution in [3.05, 3.63) is 265 Å². The molecular weight excluding hydrogens is 827 g/mol. The SMILES string of the molecule is C1=CCC(c2cccc(N3c4c(ccc5c6ccccc6n(C6N=C(c7ccccc7)NC(c7ccc(-c8cccc(-c9ccccc9)c8)cc7)=N6)c45)C4C=CC=CC43)c2-c2ccccc2)C=C1. The molecule has 3 heterocycles. The van der Waals surface area contributed by atoms with Gasteiger partial charge in [0.1, 0.15) is 11.7 Å². The van der Waals surface area contributed by atoms with E-state index in [0.29, 0.717) is 0 Å². The molecule has 0 bridgehead atoms. The maximum atomic E-state index is 5.60. The molecule has 1 aromatic heterocycles. The van der Waals surface area contributed by atoms with Gasteiger partial charge in [0.15, 0.2) is 0 Å². The summed E-state index contributed by atoms with van der Waals surface area (Å²) < 4.78 is 2.41. The highest BCUT2D eigenvalue weighted by Gasteiger charge is 2.42. The van der Waals surface area contributed by atoms with E-state index < -0.39 is 6.29 Å². The van der Waals surface area contributed by atoms with Crippen LogP contribution >= 0.6 is 0 Å². The first kappa shape index (κ1) is 39.8. The molecular formula is C63H47N5. The first-order valence-electron chi connectivity index (χ1n) is 23.7. The van der Waals surface area contributed by atoms with Crippen LogP contribution in [0.1, 0.15) is 46.8 Å². The predicted octanol–water partition coefficient (Wildman–Crippen LogP) is 15.1. The number of allylic oxidation sites excluding steroid dienone is 6. The smallest absolute Gasteiger partial charge is 0.225 e. The highest BCUT2D eigenvalue weighted by molar-refractivity contribution is 6.17. The van der Waals surface area contributed by atoms with Gasteiger partial charge < -0.3 is 10.2 Å². The molecule has 5 heteroatoms. The van der Waals surface area contributed by atoms with Gasteiger partial charge in [0.25, 0.3) is 0 Å². The number of rotatable bonds is 8. The Morgan fingerprint density at radius 3 is 1.79 bits per heavy atom. The summed E-state index contributed by atoms with van der Waals surface area (Å²) in [4.78, 5) is 13.8. The van der Waals surface area contributed by atoms with Crippen molar-refractivity contribution in [1.82, 2.24) is 9.88 Å². The van der Waals surface area contributed by atoms with Crippen molar-refractivity contribution in [3.8, 4) is 33.4 Å². The third-order valence-corrected chi connectivity index (χ3v) is 14.1. The topological polar surface area (TPSA) is 44.9 Å². The molecule has 0 fully saturated rings. The van der Waals surface area contributed by atoms with Gasteiger partial charge in [-0.3, -0.25) is 4.57 Å². The summed E-state index contributed by atoms with van der Waals surface area (Å²) in [7, 11) is 0. The summed E-state index contributed by atoms with van der Waals surface area (Å²) in [5.74, 6) is 1.97. The van der Waals surface area contributed by atoms with Gasteiger partial charge in [0, 0.05) is 45.0 Å². The Morgan fingerprint density at radius 2 is 1.06 bits per heavy atom. The van der Waals surface area contributed by atoms with Crippen LogP contribution in [0, 0.1) is 0 Å². The zero-order valence-electron chi connectivity index (χ0n) is 37.4. The minimum absolute atomic E-state index is 0.0638. The van der Waals surface area contributed by atoms with E-state index in [2.05, 4.69) is 258 Å². The number of aromatic nitrogens is 1. The largest absolute Gasteiger partial charge is 0.331 e. The average molecular weight is 874 g/mol. The number of hydrogen-bond acceptors (Lipinski definition) is 4. The molecule has 1 N–H and O–H groups in total. The van der Waals surface area contributed by atoms with Gasteiger partial charge in [-0.2, -0.15) is 0 Å². The fourth-order valence-corrected chi connectivity index (χ4v) is 11.0. The highest BCUT2D eigenvalue weighted by atomic mass is 15.3. The molecule has 0 radical (unpaired) electrons. The Balaban J connectivity index is 1.01. The molecule has 0 spiro atoms. The second kappa shape index (κ2) is 16.7. The lowest BCUT2D eigenvalue weighted by atomic mass is 9.85. The number of amidine groups is 2. The fraction of sp³-hybridized carbons (Fsp3) is 0.0794. The monoisotopic (exact) mass is 873 g/mol. The van der Waals surface area contributed by atoms with Gasteiger partial charge in [-0.1, -0.05) is 225 Å². The molecule has 4 aliphatic rings. The summed E-state index contributed by atoms with van der Waals surface area (Å²) in [5, 5.41) is 6.06. The van der Waals surface area contributed by atoms with Crippen LogP contribution in [0.4, 0.5) is 11.4 Å². The minimum Gasteiger partial charge on any atom is -0.331 e. The molecule has 4 unspecified atom stereocenters. The van der Waals surface area contributed by atoms with Crippen LogP contribution in [-0.2, 0) is 0 Å². The molecule has 2 aliphatic carbocycles. The standard InChI is InChI=1S/C63H47N5/c1-5-19-42(20-6-1)48-27-17-28-49(41-48)43-35-37-47(38-36-43)62-64-61(46-25-11-4-12-26-46)65-63(66-62)68-56-33-16-14-30-52(56)54-40-39-53-51-29-13-15-32-55(51)67(59(53)60(54)68)57-34-18-31-50(44-21-7-2-8-22-44)58(57)45-23-9-3-10-24-45/h1-21,23-41,44,51,55,63H,22H2,(H,64,65,66). The number of nitrogens with zero attached hydrogens (tertiary/aromatic N) is 4. The normalized spacial score (nSPS) is 19.1. The maximum absolute atomic E-state index is 5.60. The molecule has 8 aromatic carbocycles. The van der Waals surface area contributed by atoms with Crippen molar-refractivity contribution in [2.45, 2.75) is 30.6 Å². The fourth-order valence-electron chi connectivity index (χ4n) is 11.0. The van der Waals surface area contributed by atoms with Crippen molar-refractivity contribution in [3.63, 3.8) is 0 Å². The van der Waals surface area contributed by atoms with E-state index in [4.69, 9.17) is 9.98 Å². The summed E-state index contributed by atoms with van der Waals surface area (Å²) in [5.41, 5.74) is 16.5. The van der Waals surface area contributed by atoms with Gasteiger partial charge in [-0.25, -0.2) is 9.98 Å². The minimum atomic E-state index is -0.618. The predicted molar refractivity (Wildman–Crippen MR) is 283 cm³/mol. The number of aliphatic imine (C=N–C) groups is 2. The van der Waals surface area contributed by atoms with Gasteiger partial charge in [0.05, 0.1) is 22.8 Å². The van der Waals surface area contributed by atoms with Gasteiger partial charge in [-0.15, -0.1) is 0 Å². The van der Waals surface area contributed by atoms with Gasteiger partial charge >= 0.3 is 0 Å². The molecule has 0 amide bonds. The second-order valence-electron chi connectivity index (χ2n) is 18.0. The van der Waals surface area contributed by atoms with E-state index >= 15 is 0 Å². The second-order valence-corrected chi connectivity index (χ2v) is 18.0. The average Bonchev–Trinajstić information content (AvgIpc) is 3.95. The lowest BCUT2D eigenvalue weighted by Crippen LogP contribution is -2.37. The number of para-hydroxylation sites is 1. The Labute approximate surface area is 396 Å². The maximum Gasteiger partial charge on any atom is 0.225 e. The van der Waals surface area contributed by atoms with Crippen LogP contribution < -0.4 is 10.2 Å². The van der Waals surface area contributed by atoms with E-state index in [-0.39, 0.29) is 17.9 Å². The molecule has 9 aromatic rings. The van der Waals surface area contributed by atoms with Crippen LogP contribution in [0.25, 0.3) is 55.2 Å². The van der Waals surface area contributed by atoms with E-state index in [9.17, 15) is 0 Å². The lowest BCUT2D eigenvalue weighted by Gasteiger charge is -2.33. The molecule has 4 atom stereocenters. The van der Waals surface area contributed by atoms with Gasteiger partial charge in [0.2, 0.25) is 6.29 Å². The molecule has 324 valence electrons. The first-order chi connectivity index (χ1) is 33.7. The highest BCUT2D eigenvalue weighted by Crippen LogP contribution is 2.55.